The zero-order chi connectivity index (χ0) is 14.0. The zero-order valence-corrected chi connectivity index (χ0v) is 12.2. The number of unbranched alkanes of at least 4 members (excludes halogenated alkanes) is 2. The molecule has 2 saturated heterocycles. The molecule has 0 aromatic heterocycles. The fourth-order valence-electron chi connectivity index (χ4n) is 3.05. The zero-order valence-electron chi connectivity index (χ0n) is 12.2. The fourth-order valence-corrected chi connectivity index (χ4v) is 3.05. The van der Waals surface area contributed by atoms with Crippen LogP contribution in [0.15, 0.2) is 0 Å². The Labute approximate surface area is 115 Å². The van der Waals surface area contributed by atoms with Crippen molar-refractivity contribution in [3.05, 3.63) is 0 Å². The molecule has 0 saturated carbocycles. The summed E-state index contributed by atoms with van der Waals surface area (Å²) in [6.07, 6.45) is 4.34. The second kappa shape index (κ2) is 5.49. The minimum absolute atomic E-state index is 0.0366. The Morgan fingerprint density at radius 1 is 1.32 bits per heavy atom. The third-order valence-electron chi connectivity index (χ3n) is 4.14. The normalized spacial score (nSPS) is 27.9. The molecule has 1 atom stereocenters. The molecule has 0 bridgehead atoms. The summed E-state index contributed by atoms with van der Waals surface area (Å²) in [4.78, 5) is 28.1. The Bertz CT molecular complexity index is 370. The summed E-state index contributed by atoms with van der Waals surface area (Å²) in [5.41, 5.74) is -0.645. The third kappa shape index (κ3) is 2.61. The van der Waals surface area contributed by atoms with Gasteiger partial charge in [0.15, 0.2) is 0 Å². The van der Waals surface area contributed by atoms with Crippen molar-refractivity contribution in [3.63, 3.8) is 0 Å². The van der Waals surface area contributed by atoms with E-state index in [2.05, 4.69) is 17.1 Å². The molecule has 0 aliphatic carbocycles. The van der Waals surface area contributed by atoms with Gasteiger partial charge in [0, 0.05) is 19.1 Å². The Hall–Kier alpha value is -1.10. The lowest BCUT2D eigenvalue weighted by Crippen LogP contribution is -2.49. The van der Waals surface area contributed by atoms with Gasteiger partial charge in [-0.2, -0.15) is 0 Å². The maximum atomic E-state index is 12.5. The number of nitrogens with zero attached hydrogens (tertiary/aromatic N) is 2. The second-order valence-corrected chi connectivity index (χ2v) is 6.01. The van der Waals surface area contributed by atoms with Crippen molar-refractivity contribution in [1.82, 2.24) is 15.1 Å². The molecule has 2 rings (SSSR count). The van der Waals surface area contributed by atoms with Crippen LogP contribution >= 0.6 is 0 Å². The quantitative estimate of drug-likeness (QED) is 0.608. The Morgan fingerprint density at radius 3 is 2.63 bits per heavy atom. The van der Waals surface area contributed by atoms with Crippen LogP contribution in [0, 0.1) is 0 Å². The number of urea groups is 1. The van der Waals surface area contributed by atoms with E-state index in [0.717, 1.165) is 19.5 Å². The van der Waals surface area contributed by atoms with Gasteiger partial charge in [-0.1, -0.05) is 19.8 Å². The van der Waals surface area contributed by atoms with Gasteiger partial charge in [0.1, 0.15) is 5.54 Å². The minimum Gasteiger partial charge on any atom is -0.322 e. The van der Waals surface area contributed by atoms with Crippen molar-refractivity contribution >= 4 is 11.9 Å². The highest BCUT2D eigenvalue weighted by Gasteiger charge is 2.54. The Morgan fingerprint density at radius 2 is 2.05 bits per heavy atom. The summed E-state index contributed by atoms with van der Waals surface area (Å²) in [7, 11) is 0. The highest BCUT2D eigenvalue weighted by atomic mass is 16.2. The number of likely N-dealkylation sites (tertiary alicyclic amines) is 1. The first-order valence-corrected chi connectivity index (χ1v) is 7.38. The van der Waals surface area contributed by atoms with Gasteiger partial charge in [0.2, 0.25) is 0 Å². The van der Waals surface area contributed by atoms with Crippen molar-refractivity contribution in [2.75, 3.05) is 19.6 Å². The van der Waals surface area contributed by atoms with Gasteiger partial charge in [-0.3, -0.25) is 9.69 Å². The lowest BCUT2D eigenvalue weighted by atomic mass is 9.98. The maximum absolute atomic E-state index is 12.5. The molecule has 2 heterocycles. The summed E-state index contributed by atoms with van der Waals surface area (Å²) in [5.74, 6) is -0.0366. The molecule has 0 aromatic rings. The van der Waals surface area contributed by atoms with E-state index in [1.165, 1.54) is 24.2 Å². The largest absolute Gasteiger partial charge is 0.325 e. The summed E-state index contributed by atoms with van der Waals surface area (Å²) in [5, 5.41) is 2.93. The highest BCUT2D eigenvalue weighted by Crippen LogP contribution is 2.29. The number of carbonyl (C=O) groups excluding carboxylic acids is 2. The molecule has 2 fully saturated rings. The molecule has 1 spiro atoms. The van der Waals surface area contributed by atoms with E-state index < -0.39 is 5.54 Å². The molecule has 5 nitrogen and oxygen atoms in total. The van der Waals surface area contributed by atoms with Crippen molar-refractivity contribution in [2.24, 2.45) is 0 Å². The van der Waals surface area contributed by atoms with Crippen LogP contribution in [-0.4, -0.2) is 53.0 Å². The summed E-state index contributed by atoms with van der Waals surface area (Å²) < 4.78 is 0. The van der Waals surface area contributed by atoms with Crippen LogP contribution in [0.5, 0.6) is 0 Å². The van der Waals surface area contributed by atoms with E-state index in [1.807, 2.05) is 13.8 Å². The van der Waals surface area contributed by atoms with Crippen molar-refractivity contribution in [1.29, 1.82) is 0 Å². The molecular formula is C14H25N3O2. The van der Waals surface area contributed by atoms with Gasteiger partial charge in [0.25, 0.3) is 5.91 Å². The van der Waals surface area contributed by atoms with Crippen molar-refractivity contribution < 1.29 is 9.59 Å². The number of nitrogens with one attached hydrogen (secondary N) is 1. The number of hydrogen-bond acceptors (Lipinski definition) is 3. The molecule has 5 heteroatoms. The summed E-state index contributed by atoms with van der Waals surface area (Å²) in [6, 6.07) is -0.295. The SMILES string of the molecule is CCCCCN1CCC2(C1)NC(=O)N(C(C)C)C2=O. The van der Waals surface area contributed by atoms with E-state index >= 15 is 0 Å². The first-order valence-electron chi connectivity index (χ1n) is 7.38. The molecule has 1 N–H and O–H groups in total. The Kier molecular flexibility index (Phi) is 4.13. The van der Waals surface area contributed by atoms with Crippen LogP contribution in [0.25, 0.3) is 0 Å². The lowest BCUT2D eigenvalue weighted by molar-refractivity contribution is -0.132. The fraction of sp³-hybridized carbons (Fsp3) is 0.857. The molecule has 1 unspecified atom stereocenters. The predicted molar refractivity (Wildman–Crippen MR) is 73.8 cm³/mol. The van der Waals surface area contributed by atoms with E-state index in [4.69, 9.17) is 0 Å². The smallest absolute Gasteiger partial charge is 0.322 e. The van der Waals surface area contributed by atoms with Crippen LogP contribution in [0.4, 0.5) is 4.79 Å². The summed E-state index contributed by atoms with van der Waals surface area (Å²) in [6.45, 7) is 8.55. The van der Waals surface area contributed by atoms with Crippen LogP contribution in [0.2, 0.25) is 0 Å². The molecule has 3 amide bonds. The van der Waals surface area contributed by atoms with E-state index in [0.29, 0.717) is 6.54 Å². The molecule has 108 valence electrons. The molecule has 2 aliphatic rings. The lowest BCUT2D eigenvalue weighted by Gasteiger charge is -2.23. The monoisotopic (exact) mass is 267 g/mol. The Balaban J connectivity index is 1.98. The predicted octanol–water partition coefficient (Wildman–Crippen LogP) is 1.58. The van der Waals surface area contributed by atoms with E-state index in [-0.39, 0.29) is 18.0 Å². The van der Waals surface area contributed by atoms with Gasteiger partial charge < -0.3 is 10.2 Å². The van der Waals surface area contributed by atoms with E-state index in [1.54, 1.807) is 0 Å². The van der Waals surface area contributed by atoms with Crippen molar-refractivity contribution in [2.45, 2.75) is 58.0 Å². The van der Waals surface area contributed by atoms with Gasteiger partial charge in [-0.25, -0.2) is 4.79 Å². The van der Waals surface area contributed by atoms with Gasteiger partial charge in [-0.05, 0) is 33.2 Å². The molecule has 19 heavy (non-hydrogen) atoms. The van der Waals surface area contributed by atoms with Crippen LogP contribution < -0.4 is 5.32 Å². The first kappa shape index (κ1) is 14.3. The van der Waals surface area contributed by atoms with Gasteiger partial charge in [0.05, 0.1) is 0 Å². The number of rotatable bonds is 5. The highest BCUT2D eigenvalue weighted by molar-refractivity contribution is 6.07. The molecule has 2 aliphatic heterocycles. The second-order valence-electron chi connectivity index (χ2n) is 6.01. The number of hydrogen-bond donors (Lipinski definition) is 1. The molecular weight excluding hydrogens is 242 g/mol. The number of carbonyl (C=O) groups is 2. The third-order valence-corrected chi connectivity index (χ3v) is 4.14. The molecule has 0 radical (unpaired) electrons. The topological polar surface area (TPSA) is 52.7 Å². The van der Waals surface area contributed by atoms with Crippen LogP contribution in [0.1, 0.15) is 46.5 Å². The first-order chi connectivity index (χ1) is 9.00. The van der Waals surface area contributed by atoms with Gasteiger partial charge >= 0.3 is 6.03 Å². The van der Waals surface area contributed by atoms with Crippen molar-refractivity contribution in [3.8, 4) is 0 Å². The number of imide groups is 1. The van der Waals surface area contributed by atoms with E-state index in [9.17, 15) is 9.59 Å². The maximum Gasteiger partial charge on any atom is 0.325 e. The standard InChI is InChI=1S/C14H25N3O2/c1-4-5-6-8-16-9-7-14(10-16)12(18)17(11(2)3)13(19)15-14/h11H,4-10H2,1-3H3,(H,15,19). The molecule has 0 aromatic carbocycles. The minimum atomic E-state index is -0.645. The average molecular weight is 267 g/mol. The van der Waals surface area contributed by atoms with Gasteiger partial charge in [-0.15, -0.1) is 0 Å². The van der Waals surface area contributed by atoms with Crippen LogP contribution in [-0.2, 0) is 4.79 Å². The summed E-state index contributed by atoms with van der Waals surface area (Å²) >= 11 is 0. The van der Waals surface area contributed by atoms with Crippen LogP contribution in [0.3, 0.4) is 0 Å². The average Bonchev–Trinajstić information content (AvgIpc) is 2.83. The number of amides is 3.